The molecule has 0 fully saturated rings. The Morgan fingerprint density at radius 3 is 2.25 bits per heavy atom. The summed E-state index contributed by atoms with van der Waals surface area (Å²) < 4.78 is 5.45. The molecule has 0 atom stereocenters. The van der Waals surface area contributed by atoms with E-state index in [-0.39, 0.29) is 5.60 Å². The molecule has 0 aliphatic heterocycles. The van der Waals surface area contributed by atoms with Crippen molar-refractivity contribution in [2.75, 3.05) is 13.7 Å². The second kappa shape index (κ2) is 6.02. The van der Waals surface area contributed by atoms with E-state index in [0.717, 1.165) is 19.4 Å². The van der Waals surface area contributed by atoms with E-state index in [0.29, 0.717) is 0 Å². The number of benzene rings is 1. The van der Waals surface area contributed by atoms with E-state index in [4.69, 9.17) is 10.5 Å². The van der Waals surface area contributed by atoms with Gasteiger partial charge in [0.15, 0.2) is 0 Å². The van der Waals surface area contributed by atoms with Crippen LogP contribution in [-0.2, 0) is 16.8 Å². The summed E-state index contributed by atoms with van der Waals surface area (Å²) >= 11 is 0. The molecule has 0 saturated carbocycles. The first kappa shape index (κ1) is 13.2. The van der Waals surface area contributed by atoms with Crippen molar-refractivity contribution in [1.82, 2.24) is 0 Å². The second-order valence-corrected chi connectivity index (χ2v) is 4.66. The summed E-state index contributed by atoms with van der Waals surface area (Å²) in [4.78, 5) is 0. The maximum atomic E-state index is 5.48. The van der Waals surface area contributed by atoms with Crippen molar-refractivity contribution in [2.24, 2.45) is 5.73 Å². The standard InChI is InChI=1S/C14H23NO/c1-14(2,16-3)13-9-7-12(8-10-13)6-4-5-11-15/h7-10H,4-6,11,15H2,1-3H3. The maximum Gasteiger partial charge on any atom is 0.0871 e. The van der Waals surface area contributed by atoms with Crippen molar-refractivity contribution in [3.8, 4) is 0 Å². The first-order chi connectivity index (χ1) is 7.60. The molecule has 16 heavy (non-hydrogen) atoms. The van der Waals surface area contributed by atoms with Gasteiger partial charge in [0.1, 0.15) is 0 Å². The summed E-state index contributed by atoms with van der Waals surface area (Å²) in [5.41, 5.74) is 7.88. The lowest BCUT2D eigenvalue weighted by Crippen LogP contribution is -2.19. The van der Waals surface area contributed by atoms with E-state index in [1.807, 2.05) is 0 Å². The van der Waals surface area contributed by atoms with Crippen LogP contribution in [0, 0.1) is 0 Å². The lowest BCUT2D eigenvalue weighted by Gasteiger charge is -2.23. The van der Waals surface area contributed by atoms with E-state index in [1.165, 1.54) is 17.5 Å². The van der Waals surface area contributed by atoms with Gasteiger partial charge in [0.25, 0.3) is 0 Å². The highest BCUT2D eigenvalue weighted by Crippen LogP contribution is 2.24. The Balaban J connectivity index is 2.61. The molecule has 0 radical (unpaired) electrons. The normalized spacial score (nSPS) is 11.8. The predicted molar refractivity (Wildman–Crippen MR) is 68.5 cm³/mol. The molecular formula is C14H23NO. The molecule has 2 heteroatoms. The summed E-state index contributed by atoms with van der Waals surface area (Å²) in [7, 11) is 1.75. The zero-order valence-corrected chi connectivity index (χ0v) is 10.6. The maximum absolute atomic E-state index is 5.48. The molecule has 0 aliphatic carbocycles. The predicted octanol–water partition coefficient (Wildman–Crippen LogP) is 2.85. The van der Waals surface area contributed by atoms with Gasteiger partial charge in [0, 0.05) is 7.11 Å². The van der Waals surface area contributed by atoms with Crippen LogP contribution in [0.5, 0.6) is 0 Å². The first-order valence-electron chi connectivity index (χ1n) is 5.95. The Morgan fingerprint density at radius 2 is 1.75 bits per heavy atom. The third-order valence-corrected chi connectivity index (χ3v) is 3.08. The molecule has 0 spiro atoms. The monoisotopic (exact) mass is 221 g/mol. The Kier molecular flexibility index (Phi) is 4.97. The molecule has 1 rings (SSSR count). The Labute approximate surface area is 98.8 Å². The molecule has 1 aromatic carbocycles. The Morgan fingerprint density at radius 1 is 1.12 bits per heavy atom. The van der Waals surface area contributed by atoms with Crippen LogP contribution in [-0.4, -0.2) is 13.7 Å². The van der Waals surface area contributed by atoms with Crippen LogP contribution < -0.4 is 5.73 Å². The van der Waals surface area contributed by atoms with E-state index < -0.39 is 0 Å². The quantitative estimate of drug-likeness (QED) is 0.750. The van der Waals surface area contributed by atoms with Crippen molar-refractivity contribution < 1.29 is 4.74 Å². The fourth-order valence-electron chi connectivity index (χ4n) is 1.66. The molecule has 2 N–H and O–H groups in total. The highest BCUT2D eigenvalue weighted by Gasteiger charge is 2.18. The molecule has 0 bridgehead atoms. The van der Waals surface area contributed by atoms with Gasteiger partial charge in [-0.25, -0.2) is 0 Å². The van der Waals surface area contributed by atoms with Gasteiger partial charge in [-0.1, -0.05) is 24.3 Å². The fraction of sp³-hybridized carbons (Fsp3) is 0.571. The van der Waals surface area contributed by atoms with E-state index in [1.54, 1.807) is 7.11 Å². The zero-order chi connectivity index (χ0) is 12.0. The minimum absolute atomic E-state index is 0.199. The topological polar surface area (TPSA) is 35.2 Å². The highest BCUT2D eigenvalue weighted by molar-refractivity contribution is 5.26. The largest absolute Gasteiger partial charge is 0.374 e. The summed E-state index contributed by atoms with van der Waals surface area (Å²) in [5, 5.41) is 0. The van der Waals surface area contributed by atoms with E-state index in [9.17, 15) is 0 Å². The van der Waals surface area contributed by atoms with Crippen LogP contribution in [0.3, 0.4) is 0 Å². The van der Waals surface area contributed by atoms with Gasteiger partial charge in [0.05, 0.1) is 5.60 Å². The first-order valence-corrected chi connectivity index (χ1v) is 5.95. The van der Waals surface area contributed by atoms with Crippen LogP contribution in [0.1, 0.15) is 37.8 Å². The van der Waals surface area contributed by atoms with Crippen molar-refractivity contribution in [3.63, 3.8) is 0 Å². The fourth-order valence-corrected chi connectivity index (χ4v) is 1.66. The van der Waals surface area contributed by atoms with Crippen LogP contribution in [0.15, 0.2) is 24.3 Å². The van der Waals surface area contributed by atoms with Crippen molar-refractivity contribution in [3.05, 3.63) is 35.4 Å². The Bertz CT molecular complexity index is 303. The Hall–Kier alpha value is -0.860. The van der Waals surface area contributed by atoms with Crippen LogP contribution in [0.2, 0.25) is 0 Å². The molecule has 90 valence electrons. The van der Waals surface area contributed by atoms with Gasteiger partial charge >= 0.3 is 0 Å². The molecule has 0 amide bonds. The van der Waals surface area contributed by atoms with E-state index >= 15 is 0 Å². The van der Waals surface area contributed by atoms with Gasteiger partial charge in [-0.15, -0.1) is 0 Å². The molecule has 0 aliphatic rings. The van der Waals surface area contributed by atoms with Crippen LogP contribution in [0.25, 0.3) is 0 Å². The third-order valence-electron chi connectivity index (χ3n) is 3.08. The number of unbranched alkanes of at least 4 members (excludes halogenated alkanes) is 1. The molecular weight excluding hydrogens is 198 g/mol. The van der Waals surface area contributed by atoms with Gasteiger partial charge in [-0.05, 0) is 50.8 Å². The third kappa shape index (κ3) is 3.62. The molecule has 1 aromatic rings. The van der Waals surface area contributed by atoms with Gasteiger partial charge in [-0.3, -0.25) is 0 Å². The van der Waals surface area contributed by atoms with Gasteiger partial charge in [0.2, 0.25) is 0 Å². The molecule has 0 aromatic heterocycles. The van der Waals surface area contributed by atoms with Crippen LogP contribution in [0.4, 0.5) is 0 Å². The average molecular weight is 221 g/mol. The molecule has 2 nitrogen and oxygen atoms in total. The summed E-state index contributed by atoms with van der Waals surface area (Å²) in [6.07, 6.45) is 3.39. The number of rotatable bonds is 6. The number of hydrogen-bond acceptors (Lipinski definition) is 2. The second-order valence-electron chi connectivity index (χ2n) is 4.66. The summed E-state index contributed by atoms with van der Waals surface area (Å²) in [6.45, 7) is 4.95. The minimum Gasteiger partial charge on any atom is -0.374 e. The van der Waals surface area contributed by atoms with Gasteiger partial charge < -0.3 is 10.5 Å². The van der Waals surface area contributed by atoms with Crippen molar-refractivity contribution in [1.29, 1.82) is 0 Å². The van der Waals surface area contributed by atoms with Crippen molar-refractivity contribution in [2.45, 2.75) is 38.7 Å². The molecule has 0 heterocycles. The molecule has 0 saturated heterocycles. The minimum atomic E-state index is -0.199. The van der Waals surface area contributed by atoms with Crippen molar-refractivity contribution >= 4 is 0 Å². The highest BCUT2D eigenvalue weighted by atomic mass is 16.5. The number of methoxy groups -OCH3 is 1. The lowest BCUT2D eigenvalue weighted by molar-refractivity contribution is 0.0192. The molecule has 0 unspecified atom stereocenters. The van der Waals surface area contributed by atoms with Crippen LogP contribution >= 0.6 is 0 Å². The average Bonchev–Trinajstić information content (AvgIpc) is 2.30. The number of aryl methyl sites for hydroxylation is 1. The number of ether oxygens (including phenoxy) is 1. The SMILES string of the molecule is COC(C)(C)c1ccc(CCCCN)cc1. The lowest BCUT2D eigenvalue weighted by atomic mass is 9.96. The zero-order valence-electron chi connectivity index (χ0n) is 10.6. The summed E-state index contributed by atoms with van der Waals surface area (Å²) in [5.74, 6) is 0. The summed E-state index contributed by atoms with van der Waals surface area (Å²) in [6, 6.07) is 8.68. The van der Waals surface area contributed by atoms with Gasteiger partial charge in [-0.2, -0.15) is 0 Å². The number of hydrogen-bond donors (Lipinski definition) is 1. The smallest absolute Gasteiger partial charge is 0.0871 e. The van der Waals surface area contributed by atoms with E-state index in [2.05, 4.69) is 38.1 Å². The number of nitrogens with two attached hydrogens (primary N) is 1.